The van der Waals surface area contributed by atoms with Crippen molar-refractivity contribution in [3.63, 3.8) is 0 Å². The van der Waals surface area contributed by atoms with Crippen molar-refractivity contribution in [3.05, 3.63) is 64.9 Å². The predicted octanol–water partition coefficient (Wildman–Crippen LogP) is 4.39. The van der Waals surface area contributed by atoms with Crippen molar-refractivity contribution in [1.29, 1.82) is 0 Å². The summed E-state index contributed by atoms with van der Waals surface area (Å²) in [6.45, 7) is 4.13. The highest BCUT2D eigenvalue weighted by Gasteiger charge is 2.21. The van der Waals surface area contributed by atoms with Crippen molar-refractivity contribution in [2.24, 2.45) is 0 Å². The van der Waals surface area contributed by atoms with Gasteiger partial charge in [0.2, 0.25) is 0 Å². The molecule has 0 unspecified atom stereocenters. The predicted molar refractivity (Wildman–Crippen MR) is 96.7 cm³/mol. The lowest BCUT2D eigenvalue weighted by Crippen LogP contribution is -2.29. The van der Waals surface area contributed by atoms with Gasteiger partial charge in [-0.3, -0.25) is 9.69 Å². The highest BCUT2D eigenvalue weighted by Crippen LogP contribution is 2.32. The van der Waals surface area contributed by atoms with E-state index in [-0.39, 0.29) is 11.7 Å². The van der Waals surface area contributed by atoms with Gasteiger partial charge < -0.3 is 0 Å². The topological polar surface area (TPSA) is 33.2 Å². The molecule has 1 amide bonds. The molecule has 0 N–H and O–H groups in total. The molecule has 24 heavy (non-hydrogen) atoms. The SMILES string of the molecule is C=CCN(C(=O)/C=C/c1cccc(F)c1)c1nc2c(s1)CCCC2. The number of aromatic nitrogens is 1. The summed E-state index contributed by atoms with van der Waals surface area (Å²) in [7, 11) is 0. The number of benzene rings is 1. The monoisotopic (exact) mass is 342 g/mol. The van der Waals surface area contributed by atoms with E-state index in [1.54, 1.807) is 40.5 Å². The molecule has 1 heterocycles. The lowest BCUT2D eigenvalue weighted by Gasteiger charge is -2.15. The van der Waals surface area contributed by atoms with Gasteiger partial charge in [0, 0.05) is 17.5 Å². The van der Waals surface area contributed by atoms with Gasteiger partial charge in [0.25, 0.3) is 5.91 Å². The number of carbonyl (C=O) groups is 1. The number of hydrogen-bond acceptors (Lipinski definition) is 3. The molecule has 0 fully saturated rings. The van der Waals surface area contributed by atoms with Crippen molar-refractivity contribution in [1.82, 2.24) is 4.98 Å². The Morgan fingerprint density at radius 3 is 2.96 bits per heavy atom. The molecule has 3 nitrogen and oxygen atoms in total. The third-order valence-corrected chi connectivity index (χ3v) is 5.09. The average molecular weight is 342 g/mol. The number of fused-ring (bicyclic) bond motifs is 1. The summed E-state index contributed by atoms with van der Waals surface area (Å²) in [4.78, 5) is 20.1. The number of aryl methyl sites for hydroxylation is 2. The number of carbonyl (C=O) groups excluding carboxylic acids is 1. The number of halogens is 1. The van der Waals surface area contributed by atoms with E-state index in [0.717, 1.165) is 30.1 Å². The number of nitrogens with zero attached hydrogens (tertiary/aromatic N) is 2. The van der Waals surface area contributed by atoms with E-state index in [9.17, 15) is 9.18 Å². The maximum absolute atomic E-state index is 13.2. The largest absolute Gasteiger partial charge is 0.281 e. The van der Waals surface area contributed by atoms with E-state index in [0.29, 0.717) is 12.1 Å². The van der Waals surface area contributed by atoms with E-state index >= 15 is 0 Å². The van der Waals surface area contributed by atoms with Gasteiger partial charge in [-0.1, -0.05) is 18.2 Å². The van der Waals surface area contributed by atoms with E-state index in [2.05, 4.69) is 11.6 Å². The van der Waals surface area contributed by atoms with Crippen molar-refractivity contribution in [2.75, 3.05) is 11.4 Å². The van der Waals surface area contributed by atoms with E-state index in [1.807, 2.05) is 0 Å². The highest BCUT2D eigenvalue weighted by atomic mass is 32.1. The smallest absolute Gasteiger partial charge is 0.253 e. The summed E-state index contributed by atoms with van der Waals surface area (Å²) in [5.74, 6) is -0.495. The molecule has 0 atom stereocenters. The molecule has 2 aromatic rings. The van der Waals surface area contributed by atoms with Crippen LogP contribution in [0.2, 0.25) is 0 Å². The van der Waals surface area contributed by atoms with Crippen LogP contribution in [-0.4, -0.2) is 17.4 Å². The Morgan fingerprint density at radius 1 is 1.38 bits per heavy atom. The molecule has 0 spiro atoms. The maximum atomic E-state index is 13.2. The summed E-state index contributed by atoms with van der Waals surface area (Å²) in [6, 6.07) is 6.15. The lowest BCUT2D eigenvalue weighted by atomic mass is 10.0. The third-order valence-electron chi connectivity index (χ3n) is 3.91. The quantitative estimate of drug-likeness (QED) is 0.596. The second-order valence-electron chi connectivity index (χ2n) is 5.70. The average Bonchev–Trinajstić information content (AvgIpc) is 3.01. The van der Waals surface area contributed by atoms with E-state index in [1.165, 1.54) is 29.5 Å². The van der Waals surface area contributed by atoms with Gasteiger partial charge >= 0.3 is 0 Å². The molecule has 0 aliphatic heterocycles. The molecule has 0 bridgehead atoms. The van der Waals surface area contributed by atoms with Crippen LogP contribution < -0.4 is 4.90 Å². The van der Waals surface area contributed by atoms with Crippen LogP contribution in [0, 0.1) is 5.82 Å². The van der Waals surface area contributed by atoms with Gasteiger partial charge in [-0.05, 0) is 49.5 Å². The molecule has 124 valence electrons. The van der Waals surface area contributed by atoms with E-state index in [4.69, 9.17) is 0 Å². The molecule has 0 radical (unpaired) electrons. The number of anilines is 1. The second-order valence-corrected chi connectivity index (χ2v) is 6.76. The van der Waals surface area contributed by atoms with Crippen LogP contribution in [0.5, 0.6) is 0 Å². The Bertz CT molecular complexity index is 758. The van der Waals surface area contributed by atoms with Crippen LogP contribution in [-0.2, 0) is 17.6 Å². The minimum absolute atomic E-state index is 0.176. The molecule has 0 saturated heterocycles. The third kappa shape index (κ3) is 3.79. The zero-order chi connectivity index (χ0) is 16.9. The maximum Gasteiger partial charge on any atom is 0.253 e. The zero-order valence-corrected chi connectivity index (χ0v) is 14.2. The van der Waals surface area contributed by atoms with Crippen LogP contribution in [0.1, 0.15) is 29.0 Å². The number of hydrogen-bond donors (Lipinski definition) is 0. The molecular weight excluding hydrogens is 323 g/mol. The Balaban J connectivity index is 1.80. The Labute approximate surface area is 145 Å². The van der Waals surface area contributed by atoms with Gasteiger partial charge in [0.15, 0.2) is 5.13 Å². The fourth-order valence-electron chi connectivity index (χ4n) is 2.71. The Kier molecular flexibility index (Phi) is 5.20. The Hall–Kier alpha value is -2.27. The van der Waals surface area contributed by atoms with Crippen molar-refractivity contribution in [3.8, 4) is 0 Å². The van der Waals surface area contributed by atoms with E-state index < -0.39 is 0 Å². The molecule has 3 rings (SSSR count). The van der Waals surface area contributed by atoms with Gasteiger partial charge in [0.1, 0.15) is 5.82 Å². The van der Waals surface area contributed by atoms with Gasteiger partial charge in [-0.25, -0.2) is 9.37 Å². The van der Waals surface area contributed by atoms with Crippen molar-refractivity contribution in [2.45, 2.75) is 25.7 Å². The second kappa shape index (κ2) is 7.53. The zero-order valence-electron chi connectivity index (χ0n) is 13.4. The molecule has 5 heteroatoms. The van der Waals surface area contributed by atoms with Crippen LogP contribution in [0.25, 0.3) is 6.08 Å². The highest BCUT2D eigenvalue weighted by molar-refractivity contribution is 7.16. The van der Waals surface area contributed by atoms with Crippen molar-refractivity contribution >= 4 is 28.5 Å². The minimum atomic E-state index is -0.319. The first-order chi connectivity index (χ1) is 11.7. The minimum Gasteiger partial charge on any atom is -0.281 e. The van der Waals surface area contributed by atoms with Gasteiger partial charge in [0.05, 0.1) is 5.69 Å². The van der Waals surface area contributed by atoms with Crippen LogP contribution >= 0.6 is 11.3 Å². The molecular formula is C19H19FN2OS. The summed E-state index contributed by atoms with van der Waals surface area (Å²) in [5, 5.41) is 0.718. The van der Waals surface area contributed by atoms with Crippen LogP contribution in [0.15, 0.2) is 43.0 Å². The molecule has 1 aliphatic rings. The number of thiazole rings is 1. The molecule has 1 aromatic heterocycles. The van der Waals surface area contributed by atoms with Crippen molar-refractivity contribution < 1.29 is 9.18 Å². The first-order valence-corrected chi connectivity index (χ1v) is 8.83. The van der Waals surface area contributed by atoms with Gasteiger partial charge in [-0.2, -0.15) is 0 Å². The summed E-state index contributed by atoms with van der Waals surface area (Å²) < 4.78 is 13.2. The number of amides is 1. The molecule has 1 aliphatic carbocycles. The standard InChI is InChI=1S/C19H19FN2OS/c1-2-12-22(19-21-16-8-3-4-9-17(16)24-19)18(23)11-10-14-6-5-7-15(20)13-14/h2,5-7,10-11,13H,1,3-4,8-9,12H2/b11-10+. The molecule has 1 aromatic carbocycles. The first kappa shape index (κ1) is 16.6. The number of rotatable bonds is 5. The fourth-order valence-corrected chi connectivity index (χ4v) is 3.88. The molecule has 0 saturated carbocycles. The lowest BCUT2D eigenvalue weighted by molar-refractivity contribution is -0.114. The summed E-state index contributed by atoms with van der Waals surface area (Å²) in [5.41, 5.74) is 1.78. The Morgan fingerprint density at radius 2 is 2.21 bits per heavy atom. The normalized spacial score (nSPS) is 13.7. The van der Waals surface area contributed by atoms with Crippen LogP contribution in [0.4, 0.5) is 9.52 Å². The van der Waals surface area contributed by atoms with Gasteiger partial charge in [-0.15, -0.1) is 17.9 Å². The van der Waals surface area contributed by atoms with Crippen LogP contribution in [0.3, 0.4) is 0 Å². The first-order valence-electron chi connectivity index (χ1n) is 8.02. The fraction of sp³-hybridized carbons (Fsp3) is 0.263. The summed E-state index contributed by atoms with van der Waals surface area (Å²) >= 11 is 1.59. The summed E-state index contributed by atoms with van der Waals surface area (Å²) in [6.07, 6.45) is 9.14.